The van der Waals surface area contributed by atoms with Crippen molar-refractivity contribution in [2.75, 3.05) is 26.2 Å². The largest absolute Gasteiger partial charge is 0.337 e. The highest BCUT2D eigenvalue weighted by Gasteiger charge is 2.41. The smallest absolute Gasteiger partial charge is 0.237 e. The normalized spacial score (nSPS) is 30.8. The average molecular weight is 342 g/mol. The molecule has 3 atom stereocenters. The molecule has 122 valence electrons. The predicted molar refractivity (Wildman–Crippen MR) is 91.3 cm³/mol. The van der Waals surface area contributed by atoms with Gasteiger partial charge in [0.1, 0.15) is 0 Å². The maximum absolute atomic E-state index is 12.5. The zero-order chi connectivity index (χ0) is 14.4. The first kappa shape index (κ1) is 16.2. The van der Waals surface area contributed by atoms with Crippen molar-refractivity contribution < 1.29 is 4.79 Å². The molecule has 0 spiro atoms. The van der Waals surface area contributed by atoms with E-state index < -0.39 is 0 Å². The predicted octanol–water partition coefficient (Wildman–Crippen LogP) is 1.72. The van der Waals surface area contributed by atoms with Crippen LogP contribution in [0.3, 0.4) is 0 Å². The molecule has 1 aliphatic carbocycles. The fourth-order valence-electron chi connectivity index (χ4n) is 4.28. The lowest BCUT2D eigenvalue weighted by Crippen LogP contribution is -2.42. The molecule has 3 aliphatic rings. The number of likely N-dealkylation sites (tertiary alicyclic amines) is 1. The van der Waals surface area contributed by atoms with E-state index in [1.807, 2.05) is 16.2 Å². The molecule has 1 saturated heterocycles. The summed E-state index contributed by atoms with van der Waals surface area (Å²) in [6.07, 6.45) is 3.44. The third-order valence-corrected chi connectivity index (χ3v) is 6.53. The van der Waals surface area contributed by atoms with Gasteiger partial charge in [0.15, 0.2) is 0 Å². The van der Waals surface area contributed by atoms with Gasteiger partial charge in [-0.1, -0.05) is 0 Å². The highest BCUT2D eigenvalue weighted by atomic mass is 35.5. The standard InChI is InChI=1S/C16H23N3OS.ClH/c17-14-2-1-11-7-18(9-13(11)14)10-16(20)19-5-3-15-12(8-19)4-6-21-15;/h4,6,11,13-14H,1-3,5,7-10,17H2;1H. The lowest BCUT2D eigenvalue weighted by molar-refractivity contribution is -0.133. The summed E-state index contributed by atoms with van der Waals surface area (Å²) in [6.45, 7) is 4.36. The van der Waals surface area contributed by atoms with Crippen LogP contribution in [0.1, 0.15) is 23.3 Å². The summed E-state index contributed by atoms with van der Waals surface area (Å²) in [5.41, 5.74) is 7.52. The molecule has 1 amide bonds. The molecule has 2 fully saturated rings. The van der Waals surface area contributed by atoms with Gasteiger partial charge in [0, 0.05) is 37.1 Å². The van der Waals surface area contributed by atoms with Crippen molar-refractivity contribution in [1.29, 1.82) is 0 Å². The number of nitrogens with zero attached hydrogens (tertiary/aromatic N) is 2. The van der Waals surface area contributed by atoms with Gasteiger partial charge in [-0.2, -0.15) is 0 Å². The SMILES string of the molecule is Cl.NC1CCC2CN(CC(=O)N3CCc4sccc4C3)CC12. The molecule has 4 nitrogen and oxygen atoms in total. The number of hydrogen-bond donors (Lipinski definition) is 1. The lowest BCUT2D eigenvalue weighted by Gasteiger charge is -2.29. The molecular formula is C16H24ClN3OS. The van der Waals surface area contributed by atoms with E-state index in [-0.39, 0.29) is 12.4 Å². The molecule has 0 bridgehead atoms. The van der Waals surface area contributed by atoms with Gasteiger partial charge in [0.2, 0.25) is 5.91 Å². The summed E-state index contributed by atoms with van der Waals surface area (Å²) in [6, 6.07) is 2.53. The Kier molecular flexibility index (Phi) is 4.78. The molecule has 3 heterocycles. The summed E-state index contributed by atoms with van der Waals surface area (Å²) >= 11 is 1.82. The molecule has 0 aromatic carbocycles. The quantitative estimate of drug-likeness (QED) is 0.891. The van der Waals surface area contributed by atoms with E-state index >= 15 is 0 Å². The van der Waals surface area contributed by atoms with Gasteiger partial charge in [0.05, 0.1) is 6.54 Å². The average Bonchev–Trinajstić information content (AvgIpc) is 3.16. The van der Waals surface area contributed by atoms with Crippen LogP contribution in [0.25, 0.3) is 0 Å². The van der Waals surface area contributed by atoms with Gasteiger partial charge in [-0.05, 0) is 48.1 Å². The highest BCUT2D eigenvalue weighted by molar-refractivity contribution is 7.10. The fraction of sp³-hybridized carbons (Fsp3) is 0.688. The Morgan fingerprint density at radius 3 is 3.05 bits per heavy atom. The number of thiophene rings is 1. The van der Waals surface area contributed by atoms with Crippen LogP contribution in [-0.4, -0.2) is 47.9 Å². The van der Waals surface area contributed by atoms with E-state index in [4.69, 9.17) is 5.73 Å². The molecule has 1 saturated carbocycles. The summed E-state index contributed by atoms with van der Waals surface area (Å²) in [7, 11) is 0. The van der Waals surface area contributed by atoms with Gasteiger partial charge in [-0.3, -0.25) is 9.69 Å². The number of carbonyl (C=O) groups excluding carboxylic acids is 1. The van der Waals surface area contributed by atoms with Crippen LogP contribution in [0.15, 0.2) is 11.4 Å². The fourth-order valence-corrected chi connectivity index (χ4v) is 5.17. The van der Waals surface area contributed by atoms with Gasteiger partial charge in [-0.15, -0.1) is 23.7 Å². The van der Waals surface area contributed by atoms with Crippen LogP contribution in [0.4, 0.5) is 0 Å². The Labute approximate surface area is 142 Å². The second-order valence-electron chi connectivity index (χ2n) is 6.79. The van der Waals surface area contributed by atoms with Crippen LogP contribution in [0.5, 0.6) is 0 Å². The van der Waals surface area contributed by atoms with Gasteiger partial charge in [0.25, 0.3) is 0 Å². The van der Waals surface area contributed by atoms with Crippen molar-refractivity contribution in [2.45, 2.75) is 31.8 Å². The Morgan fingerprint density at radius 2 is 2.23 bits per heavy atom. The minimum Gasteiger partial charge on any atom is -0.337 e. The second kappa shape index (κ2) is 6.48. The molecule has 1 aromatic rings. The Morgan fingerprint density at radius 1 is 1.36 bits per heavy atom. The monoisotopic (exact) mass is 341 g/mol. The van der Waals surface area contributed by atoms with Crippen LogP contribution >= 0.6 is 23.7 Å². The maximum atomic E-state index is 12.5. The minimum absolute atomic E-state index is 0. The Balaban J connectivity index is 0.00000144. The van der Waals surface area contributed by atoms with Crippen molar-refractivity contribution in [2.24, 2.45) is 17.6 Å². The van der Waals surface area contributed by atoms with Gasteiger partial charge >= 0.3 is 0 Å². The van der Waals surface area contributed by atoms with E-state index in [2.05, 4.69) is 16.3 Å². The van der Waals surface area contributed by atoms with Crippen LogP contribution in [-0.2, 0) is 17.8 Å². The molecule has 6 heteroatoms. The van der Waals surface area contributed by atoms with Crippen molar-refractivity contribution in [3.05, 3.63) is 21.9 Å². The zero-order valence-electron chi connectivity index (χ0n) is 12.7. The van der Waals surface area contributed by atoms with E-state index in [0.717, 1.165) is 38.5 Å². The van der Waals surface area contributed by atoms with E-state index in [0.29, 0.717) is 24.4 Å². The first-order chi connectivity index (χ1) is 10.2. The zero-order valence-corrected chi connectivity index (χ0v) is 14.4. The molecule has 3 unspecified atom stereocenters. The third kappa shape index (κ3) is 2.92. The molecule has 4 rings (SSSR count). The Bertz CT molecular complexity index is 549. The maximum Gasteiger partial charge on any atom is 0.237 e. The van der Waals surface area contributed by atoms with Crippen LogP contribution < -0.4 is 5.73 Å². The lowest BCUT2D eigenvalue weighted by atomic mass is 9.98. The van der Waals surface area contributed by atoms with Crippen molar-refractivity contribution in [3.8, 4) is 0 Å². The molecule has 2 N–H and O–H groups in total. The summed E-state index contributed by atoms with van der Waals surface area (Å²) < 4.78 is 0. The van der Waals surface area contributed by atoms with E-state index in [1.54, 1.807) is 0 Å². The molecule has 22 heavy (non-hydrogen) atoms. The number of carbonyl (C=O) groups is 1. The highest BCUT2D eigenvalue weighted by Crippen LogP contribution is 2.37. The van der Waals surface area contributed by atoms with E-state index in [9.17, 15) is 4.79 Å². The van der Waals surface area contributed by atoms with E-state index in [1.165, 1.54) is 23.3 Å². The minimum atomic E-state index is 0. The summed E-state index contributed by atoms with van der Waals surface area (Å²) in [4.78, 5) is 18.4. The number of nitrogens with two attached hydrogens (primary N) is 1. The number of amides is 1. The number of rotatable bonds is 2. The molecular weight excluding hydrogens is 318 g/mol. The number of hydrogen-bond acceptors (Lipinski definition) is 4. The number of fused-ring (bicyclic) bond motifs is 2. The van der Waals surface area contributed by atoms with Crippen molar-refractivity contribution in [1.82, 2.24) is 9.80 Å². The summed E-state index contributed by atoms with van der Waals surface area (Å²) in [5.74, 6) is 1.65. The topological polar surface area (TPSA) is 49.6 Å². The molecule has 2 aliphatic heterocycles. The van der Waals surface area contributed by atoms with Crippen molar-refractivity contribution >= 4 is 29.7 Å². The molecule has 1 aromatic heterocycles. The van der Waals surface area contributed by atoms with Crippen LogP contribution in [0, 0.1) is 11.8 Å². The van der Waals surface area contributed by atoms with Gasteiger partial charge in [-0.25, -0.2) is 0 Å². The first-order valence-corrected chi connectivity index (χ1v) is 8.89. The first-order valence-electron chi connectivity index (χ1n) is 8.01. The number of halogens is 1. The van der Waals surface area contributed by atoms with Gasteiger partial charge < -0.3 is 10.6 Å². The molecule has 0 radical (unpaired) electrons. The summed E-state index contributed by atoms with van der Waals surface area (Å²) in [5, 5.41) is 2.14. The Hall–Kier alpha value is -0.620. The third-order valence-electron chi connectivity index (χ3n) is 5.51. The van der Waals surface area contributed by atoms with Crippen LogP contribution in [0.2, 0.25) is 0 Å². The van der Waals surface area contributed by atoms with Crippen molar-refractivity contribution in [3.63, 3.8) is 0 Å². The second-order valence-corrected chi connectivity index (χ2v) is 7.79.